The Kier molecular flexibility index (Phi) is 8.93. The molecule has 2 rings (SSSR count). The Hall–Kier alpha value is -1.24. The number of ether oxygens (including phenoxy) is 1. The second-order valence-corrected chi connectivity index (χ2v) is 7.78. The van der Waals surface area contributed by atoms with Crippen molar-refractivity contribution in [3.63, 3.8) is 0 Å². The molecular formula is C19H29Cl2N3O3. The van der Waals surface area contributed by atoms with Gasteiger partial charge in [0.05, 0.1) is 12.5 Å². The van der Waals surface area contributed by atoms with E-state index in [1.54, 1.807) is 18.2 Å². The van der Waals surface area contributed by atoms with E-state index >= 15 is 0 Å². The van der Waals surface area contributed by atoms with Crippen molar-refractivity contribution in [2.75, 3.05) is 26.1 Å². The maximum Gasteiger partial charge on any atom is 0.409 e. The second-order valence-electron chi connectivity index (χ2n) is 6.91. The van der Waals surface area contributed by atoms with Gasteiger partial charge >= 0.3 is 6.09 Å². The highest BCUT2D eigenvalue weighted by atomic mass is 35.5. The average Bonchev–Trinajstić information content (AvgIpc) is 2.95. The van der Waals surface area contributed by atoms with E-state index in [2.05, 4.69) is 10.6 Å². The summed E-state index contributed by atoms with van der Waals surface area (Å²) in [5.41, 5.74) is 0.565. The molecule has 3 unspecified atom stereocenters. The fourth-order valence-corrected chi connectivity index (χ4v) is 4.04. The van der Waals surface area contributed by atoms with E-state index in [1.807, 2.05) is 11.8 Å². The number of alkyl halides is 2. The van der Waals surface area contributed by atoms with E-state index in [0.717, 1.165) is 25.7 Å². The first-order chi connectivity index (χ1) is 13.0. The van der Waals surface area contributed by atoms with E-state index in [1.165, 1.54) is 7.11 Å². The van der Waals surface area contributed by atoms with Crippen molar-refractivity contribution in [1.82, 2.24) is 15.5 Å². The number of nitrogens with one attached hydrogen (secondary N) is 2. The number of carbonyl (C=O) groups excluding carboxylic acids is 2. The van der Waals surface area contributed by atoms with Gasteiger partial charge in [-0.2, -0.15) is 0 Å². The first-order valence-corrected chi connectivity index (χ1v) is 10.4. The van der Waals surface area contributed by atoms with Gasteiger partial charge in [-0.05, 0) is 32.6 Å². The van der Waals surface area contributed by atoms with E-state index in [-0.39, 0.29) is 29.5 Å². The van der Waals surface area contributed by atoms with Gasteiger partial charge < -0.3 is 20.3 Å². The number of fused-ring (bicyclic) bond motifs is 2. The Morgan fingerprint density at radius 2 is 1.93 bits per heavy atom. The largest absolute Gasteiger partial charge is 0.453 e. The average molecular weight is 418 g/mol. The van der Waals surface area contributed by atoms with Crippen molar-refractivity contribution < 1.29 is 14.3 Å². The van der Waals surface area contributed by atoms with Crippen LogP contribution < -0.4 is 10.6 Å². The summed E-state index contributed by atoms with van der Waals surface area (Å²) in [7, 11) is 1.44. The topological polar surface area (TPSA) is 70.7 Å². The van der Waals surface area contributed by atoms with Gasteiger partial charge in [0.1, 0.15) is 0 Å². The molecule has 2 amide bonds. The predicted molar refractivity (Wildman–Crippen MR) is 108 cm³/mol. The summed E-state index contributed by atoms with van der Waals surface area (Å²) >= 11 is 11.6. The normalized spacial score (nSPS) is 26.3. The zero-order valence-electron chi connectivity index (χ0n) is 15.9. The third-order valence-electron chi connectivity index (χ3n) is 5.17. The first-order valence-electron chi connectivity index (χ1n) is 9.42. The molecule has 2 aliphatic heterocycles. The van der Waals surface area contributed by atoms with Crippen LogP contribution in [0.1, 0.15) is 32.6 Å². The molecule has 2 bridgehead atoms. The van der Waals surface area contributed by atoms with Crippen LogP contribution in [0.4, 0.5) is 4.79 Å². The lowest BCUT2D eigenvalue weighted by Crippen LogP contribution is -2.52. The molecule has 3 atom stereocenters. The van der Waals surface area contributed by atoms with Crippen LogP contribution in [-0.2, 0) is 9.53 Å². The smallest absolute Gasteiger partial charge is 0.409 e. The van der Waals surface area contributed by atoms with Gasteiger partial charge in [-0.25, -0.2) is 4.79 Å². The van der Waals surface area contributed by atoms with Crippen LogP contribution in [0.5, 0.6) is 0 Å². The molecule has 2 fully saturated rings. The van der Waals surface area contributed by atoms with E-state index < -0.39 is 0 Å². The standard InChI is InChI=1S/C19H29Cl2N3O3/c1-3-13(4-5-14(21)12-20)18(25)23-9-8-22-15-10-16-6-7-17(11-15)24(16)19(26)27-2/h3-5,14-17,22H,6-12H2,1-2H3,(H,23,25)/b5-4-,13-3+. The van der Waals surface area contributed by atoms with Crippen LogP contribution in [0.3, 0.4) is 0 Å². The quantitative estimate of drug-likeness (QED) is 0.275. The Balaban J connectivity index is 1.71. The molecule has 27 heavy (non-hydrogen) atoms. The molecule has 2 heterocycles. The molecule has 0 radical (unpaired) electrons. The number of carbonyl (C=O) groups is 2. The zero-order chi connectivity index (χ0) is 19.8. The van der Waals surface area contributed by atoms with Gasteiger partial charge in [0.2, 0.25) is 0 Å². The Morgan fingerprint density at radius 3 is 2.48 bits per heavy atom. The van der Waals surface area contributed by atoms with Gasteiger partial charge in [0.25, 0.3) is 5.91 Å². The van der Waals surface area contributed by atoms with Crippen LogP contribution >= 0.6 is 23.2 Å². The number of rotatable bonds is 8. The number of piperidine rings is 1. The Bertz CT molecular complexity index is 569. The van der Waals surface area contributed by atoms with Crippen molar-refractivity contribution in [2.45, 2.75) is 56.1 Å². The van der Waals surface area contributed by atoms with Crippen molar-refractivity contribution in [2.24, 2.45) is 0 Å². The molecule has 0 aromatic carbocycles. The number of hydrogen-bond acceptors (Lipinski definition) is 4. The van der Waals surface area contributed by atoms with Gasteiger partial charge in [0.15, 0.2) is 0 Å². The minimum absolute atomic E-state index is 0.130. The number of amides is 2. The molecular weight excluding hydrogens is 389 g/mol. The van der Waals surface area contributed by atoms with Gasteiger partial charge in [-0.3, -0.25) is 4.79 Å². The minimum Gasteiger partial charge on any atom is -0.453 e. The Labute approximate surface area is 171 Å². The molecule has 2 aliphatic rings. The second kappa shape index (κ2) is 10.9. The zero-order valence-corrected chi connectivity index (χ0v) is 17.4. The highest BCUT2D eigenvalue weighted by Gasteiger charge is 2.43. The number of nitrogens with zero attached hydrogens (tertiary/aromatic N) is 1. The minimum atomic E-state index is -0.290. The van der Waals surface area contributed by atoms with Crippen molar-refractivity contribution in [3.05, 3.63) is 23.8 Å². The SMILES string of the molecule is C/C=C(\C=C/C(Cl)CCl)C(=O)NCCNC1CC2CCC(C1)N2C(=O)OC. The molecule has 0 aromatic heterocycles. The van der Waals surface area contributed by atoms with Gasteiger partial charge in [0, 0.05) is 42.7 Å². The summed E-state index contributed by atoms with van der Waals surface area (Å²) < 4.78 is 4.90. The maximum atomic E-state index is 12.2. The van der Waals surface area contributed by atoms with Crippen molar-refractivity contribution >= 4 is 35.2 Å². The van der Waals surface area contributed by atoms with E-state index in [4.69, 9.17) is 27.9 Å². The van der Waals surface area contributed by atoms with Crippen LogP contribution in [0, 0.1) is 0 Å². The number of hydrogen-bond donors (Lipinski definition) is 2. The summed E-state index contributed by atoms with van der Waals surface area (Å²) in [6.07, 6.45) is 8.88. The van der Waals surface area contributed by atoms with E-state index in [0.29, 0.717) is 30.6 Å². The lowest BCUT2D eigenvalue weighted by atomic mass is 9.98. The van der Waals surface area contributed by atoms with Crippen LogP contribution in [-0.4, -0.2) is 66.5 Å². The molecule has 0 saturated carbocycles. The molecule has 2 saturated heterocycles. The Morgan fingerprint density at radius 1 is 1.26 bits per heavy atom. The van der Waals surface area contributed by atoms with Crippen molar-refractivity contribution in [1.29, 1.82) is 0 Å². The molecule has 0 spiro atoms. The van der Waals surface area contributed by atoms with Crippen LogP contribution in [0.25, 0.3) is 0 Å². The van der Waals surface area contributed by atoms with Gasteiger partial charge in [-0.15, -0.1) is 23.2 Å². The van der Waals surface area contributed by atoms with E-state index in [9.17, 15) is 9.59 Å². The third kappa shape index (κ3) is 6.13. The van der Waals surface area contributed by atoms with Gasteiger partial charge in [-0.1, -0.05) is 18.2 Å². The fraction of sp³-hybridized carbons (Fsp3) is 0.684. The molecule has 152 valence electrons. The number of methoxy groups -OCH3 is 1. The van der Waals surface area contributed by atoms with Crippen LogP contribution in [0.2, 0.25) is 0 Å². The fourth-order valence-electron chi connectivity index (χ4n) is 3.86. The summed E-state index contributed by atoms with van der Waals surface area (Å²) in [6, 6.07) is 0.879. The monoisotopic (exact) mass is 417 g/mol. The third-order valence-corrected chi connectivity index (χ3v) is 5.96. The summed E-state index contributed by atoms with van der Waals surface area (Å²) in [5, 5.41) is 6.12. The number of allylic oxidation sites excluding steroid dienone is 2. The lowest BCUT2D eigenvalue weighted by molar-refractivity contribution is -0.117. The highest BCUT2D eigenvalue weighted by Crippen LogP contribution is 2.36. The molecule has 8 heteroatoms. The predicted octanol–water partition coefficient (Wildman–Crippen LogP) is 2.80. The summed E-state index contributed by atoms with van der Waals surface area (Å²) in [4.78, 5) is 26.0. The summed E-state index contributed by atoms with van der Waals surface area (Å²) in [5.74, 6) is 0.173. The maximum absolute atomic E-state index is 12.2. The molecule has 6 nitrogen and oxygen atoms in total. The lowest BCUT2D eigenvalue weighted by Gasteiger charge is -2.38. The highest BCUT2D eigenvalue weighted by molar-refractivity contribution is 6.29. The first kappa shape index (κ1) is 22.1. The molecule has 0 aromatic rings. The van der Waals surface area contributed by atoms with Crippen molar-refractivity contribution in [3.8, 4) is 0 Å². The molecule has 0 aliphatic carbocycles. The van der Waals surface area contributed by atoms with Crippen LogP contribution in [0.15, 0.2) is 23.8 Å². The number of halogens is 2. The molecule has 2 N–H and O–H groups in total. The summed E-state index contributed by atoms with van der Waals surface area (Å²) in [6.45, 7) is 3.04.